The largest absolute Gasteiger partial charge is 0.507 e. The highest BCUT2D eigenvalue weighted by Crippen LogP contribution is 2.27. The van der Waals surface area contributed by atoms with E-state index in [1.54, 1.807) is 12.1 Å². The number of ether oxygens (including phenoxy) is 2. The second-order valence-corrected chi connectivity index (χ2v) is 5.47. The van der Waals surface area contributed by atoms with E-state index in [1.807, 2.05) is 0 Å². The van der Waals surface area contributed by atoms with Crippen molar-refractivity contribution in [3.05, 3.63) is 47.5 Å². The maximum absolute atomic E-state index is 12.2. The lowest BCUT2D eigenvalue weighted by atomic mass is 10.0. The zero-order chi connectivity index (χ0) is 18.4. The summed E-state index contributed by atoms with van der Waals surface area (Å²) in [4.78, 5) is 24.3. The molecule has 0 aromatic heterocycles. The molecular formula is C19H20O6. The van der Waals surface area contributed by atoms with Gasteiger partial charge in [0, 0.05) is 25.0 Å². The molecule has 0 heterocycles. The van der Waals surface area contributed by atoms with Gasteiger partial charge in [-0.3, -0.25) is 9.59 Å². The van der Waals surface area contributed by atoms with Crippen LogP contribution in [0.2, 0.25) is 0 Å². The van der Waals surface area contributed by atoms with E-state index in [-0.39, 0.29) is 47.0 Å². The van der Waals surface area contributed by atoms with E-state index in [9.17, 15) is 19.8 Å². The van der Waals surface area contributed by atoms with Crippen molar-refractivity contribution in [3.63, 3.8) is 0 Å². The van der Waals surface area contributed by atoms with Crippen molar-refractivity contribution in [1.29, 1.82) is 0 Å². The van der Waals surface area contributed by atoms with Gasteiger partial charge in [-0.2, -0.15) is 0 Å². The molecule has 6 nitrogen and oxygen atoms in total. The Morgan fingerprint density at radius 1 is 0.800 bits per heavy atom. The average molecular weight is 344 g/mol. The molecule has 0 spiro atoms. The number of hydrogen-bond acceptors (Lipinski definition) is 6. The van der Waals surface area contributed by atoms with Crippen LogP contribution in [0.25, 0.3) is 0 Å². The Morgan fingerprint density at radius 2 is 1.20 bits per heavy atom. The number of carbonyl (C=O) groups excluding carboxylic acids is 2. The molecule has 0 saturated carbocycles. The van der Waals surface area contributed by atoms with E-state index in [0.29, 0.717) is 17.9 Å². The second-order valence-electron chi connectivity index (χ2n) is 5.47. The first-order valence-corrected chi connectivity index (χ1v) is 7.76. The molecule has 6 heteroatoms. The number of Topliss-reactive ketones (excluding diaryl/α,β-unsaturated/α-hetero) is 2. The minimum absolute atomic E-state index is 0.114. The quantitative estimate of drug-likeness (QED) is 0.713. The molecule has 25 heavy (non-hydrogen) atoms. The van der Waals surface area contributed by atoms with Crippen molar-refractivity contribution >= 4 is 11.6 Å². The fourth-order valence-corrected chi connectivity index (χ4v) is 2.43. The van der Waals surface area contributed by atoms with Crippen molar-refractivity contribution in [2.24, 2.45) is 0 Å². The number of phenols is 2. The molecule has 0 aliphatic heterocycles. The monoisotopic (exact) mass is 344 g/mol. The van der Waals surface area contributed by atoms with E-state index >= 15 is 0 Å². The van der Waals surface area contributed by atoms with Crippen molar-refractivity contribution in [2.75, 3.05) is 14.2 Å². The third-order valence-corrected chi connectivity index (χ3v) is 3.82. The summed E-state index contributed by atoms with van der Waals surface area (Å²) in [6, 6.07) is 8.91. The number of methoxy groups -OCH3 is 2. The summed E-state index contributed by atoms with van der Waals surface area (Å²) in [7, 11) is 2.94. The molecule has 0 amide bonds. The molecule has 0 saturated heterocycles. The summed E-state index contributed by atoms with van der Waals surface area (Å²) < 4.78 is 9.94. The Kier molecular flexibility index (Phi) is 6.00. The molecule has 2 aromatic rings. The van der Waals surface area contributed by atoms with Crippen molar-refractivity contribution in [3.8, 4) is 23.0 Å². The average Bonchev–Trinajstić information content (AvgIpc) is 2.60. The summed E-state index contributed by atoms with van der Waals surface area (Å²) in [5.74, 6) is 0.101. The first kappa shape index (κ1) is 18.3. The predicted molar refractivity (Wildman–Crippen MR) is 91.8 cm³/mol. The minimum Gasteiger partial charge on any atom is -0.507 e. The Labute approximate surface area is 145 Å². The molecule has 2 rings (SSSR count). The summed E-state index contributed by atoms with van der Waals surface area (Å²) in [5.41, 5.74) is 0.390. The molecule has 0 atom stereocenters. The summed E-state index contributed by atoms with van der Waals surface area (Å²) >= 11 is 0. The van der Waals surface area contributed by atoms with E-state index in [2.05, 4.69) is 0 Å². The standard InChI is InChI=1S/C19H20O6/c1-24-12-6-8-14(18(22)10-12)16(20)4-3-5-17(21)15-9-7-13(25-2)11-19(15)23/h6-11,22-23H,3-5H2,1-2H3. The van der Waals surface area contributed by atoms with E-state index < -0.39 is 0 Å². The predicted octanol–water partition coefficient (Wildman–Crippen LogP) is 3.35. The van der Waals surface area contributed by atoms with Crippen LogP contribution in [0.15, 0.2) is 36.4 Å². The number of phenolic OH excluding ortho intramolecular Hbond substituents is 2. The van der Waals surface area contributed by atoms with E-state index in [0.717, 1.165) is 0 Å². The molecule has 132 valence electrons. The van der Waals surface area contributed by atoms with Crippen LogP contribution in [-0.2, 0) is 0 Å². The van der Waals surface area contributed by atoms with Gasteiger partial charge in [-0.05, 0) is 30.7 Å². The first-order chi connectivity index (χ1) is 12.0. The lowest BCUT2D eigenvalue weighted by Gasteiger charge is -2.07. The van der Waals surface area contributed by atoms with E-state index in [1.165, 1.54) is 38.5 Å². The zero-order valence-corrected chi connectivity index (χ0v) is 14.1. The molecule has 0 unspecified atom stereocenters. The van der Waals surface area contributed by atoms with Gasteiger partial charge in [-0.15, -0.1) is 0 Å². The van der Waals surface area contributed by atoms with Gasteiger partial charge in [0.15, 0.2) is 11.6 Å². The lowest BCUT2D eigenvalue weighted by Crippen LogP contribution is -2.04. The smallest absolute Gasteiger partial charge is 0.166 e. The first-order valence-electron chi connectivity index (χ1n) is 7.76. The van der Waals surface area contributed by atoms with Gasteiger partial charge in [-0.1, -0.05) is 0 Å². The summed E-state index contributed by atoms with van der Waals surface area (Å²) in [5, 5.41) is 19.7. The van der Waals surface area contributed by atoms with Gasteiger partial charge in [-0.25, -0.2) is 0 Å². The molecule has 0 fully saturated rings. The van der Waals surface area contributed by atoms with Gasteiger partial charge in [0.05, 0.1) is 25.3 Å². The van der Waals surface area contributed by atoms with Gasteiger partial charge in [0.1, 0.15) is 23.0 Å². The fourth-order valence-electron chi connectivity index (χ4n) is 2.43. The highest BCUT2D eigenvalue weighted by molar-refractivity contribution is 6.00. The summed E-state index contributed by atoms with van der Waals surface area (Å²) in [6.45, 7) is 0. The number of carbonyl (C=O) groups is 2. The maximum Gasteiger partial charge on any atom is 0.166 e. The van der Waals surface area contributed by atoms with Gasteiger partial charge in [0.2, 0.25) is 0 Å². The van der Waals surface area contributed by atoms with Crippen LogP contribution in [0.5, 0.6) is 23.0 Å². The number of aromatic hydroxyl groups is 2. The molecule has 0 aliphatic rings. The van der Waals surface area contributed by atoms with Crippen LogP contribution in [0.1, 0.15) is 40.0 Å². The Hall–Kier alpha value is -3.02. The third kappa shape index (κ3) is 4.50. The van der Waals surface area contributed by atoms with Crippen LogP contribution < -0.4 is 9.47 Å². The van der Waals surface area contributed by atoms with Crippen molar-refractivity contribution in [1.82, 2.24) is 0 Å². The number of rotatable bonds is 8. The highest BCUT2D eigenvalue weighted by Gasteiger charge is 2.15. The van der Waals surface area contributed by atoms with Crippen molar-refractivity contribution < 1.29 is 29.3 Å². The molecule has 2 N–H and O–H groups in total. The van der Waals surface area contributed by atoms with Crippen molar-refractivity contribution in [2.45, 2.75) is 19.3 Å². The normalized spacial score (nSPS) is 10.3. The van der Waals surface area contributed by atoms with Gasteiger partial charge >= 0.3 is 0 Å². The van der Waals surface area contributed by atoms with Crippen LogP contribution in [0.4, 0.5) is 0 Å². The van der Waals surface area contributed by atoms with Crippen LogP contribution in [0.3, 0.4) is 0 Å². The number of ketones is 2. The lowest BCUT2D eigenvalue weighted by molar-refractivity contribution is 0.0955. The molecule has 0 aliphatic carbocycles. The Bertz CT molecular complexity index is 716. The van der Waals surface area contributed by atoms with Crippen LogP contribution in [-0.4, -0.2) is 36.0 Å². The topological polar surface area (TPSA) is 93.1 Å². The van der Waals surface area contributed by atoms with Gasteiger partial charge in [0.25, 0.3) is 0 Å². The molecule has 0 radical (unpaired) electrons. The maximum atomic E-state index is 12.2. The molecule has 2 aromatic carbocycles. The van der Waals surface area contributed by atoms with Crippen LogP contribution >= 0.6 is 0 Å². The number of hydrogen-bond donors (Lipinski definition) is 2. The second kappa shape index (κ2) is 8.19. The molecular weight excluding hydrogens is 324 g/mol. The third-order valence-electron chi connectivity index (χ3n) is 3.82. The Morgan fingerprint density at radius 3 is 1.52 bits per heavy atom. The van der Waals surface area contributed by atoms with E-state index in [4.69, 9.17) is 9.47 Å². The van der Waals surface area contributed by atoms with Gasteiger partial charge < -0.3 is 19.7 Å². The Balaban J connectivity index is 1.94. The van der Waals surface area contributed by atoms with Crippen LogP contribution in [0, 0.1) is 0 Å². The zero-order valence-electron chi connectivity index (χ0n) is 14.1. The highest BCUT2D eigenvalue weighted by atomic mass is 16.5. The SMILES string of the molecule is COc1ccc(C(=O)CCCC(=O)c2ccc(OC)cc2O)c(O)c1. The minimum atomic E-state index is -0.257. The molecule has 0 bridgehead atoms. The number of benzene rings is 2. The summed E-state index contributed by atoms with van der Waals surface area (Å²) in [6.07, 6.45) is 0.541. The fraction of sp³-hybridized carbons (Fsp3) is 0.263.